The Morgan fingerprint density at radius 1 is 0.950 bits per heavy atom. The molecule has 2 aliphatic rings. The summed E-state index contributed by atoms with van der Waals surface area (Å²) in [7, 11) is 4.58. The smallest absolute Gasteiger partial charge is 0.337 e. The Bertz CT molecular complexity index is 1530. The maximum atomic E-state index is 12.4. The lowest BCUT2D eigenvalue weighted by atomic mass is 10.1. The van der Waals surface area contributed by atoms with Crippen molar-refractivity contribution in [1.82, 2.24) is 14.0 Å². The van der Waals surface area contributed by atoms with Crippen LogP contribution >= 0.6 is 11.6 Å². The zero-order valence-corrected chi connectivity index (χ0v) is 23.8. The van der Waals surface area contributed by atoms with E-state index in [0.717, 1.165) is 67.1 Å². The molecule has 5 rings (SSSR count). The SMILES string of the molecule is COC(=O)c1ccc2c(c1)N(CCCN1CCCN(c3cc(=O)n(C)c(=O)n3C)CC1)c1ccc(Cl)cc1CO2. The van der Waals surface area contributed by atoms with Crippen LogP contribution in [0, 0.1) is 0 Å². The highest BCUT2D eigenvalue weighted by Crippen LogP contribution is 2.41. The number of carbonyl (C=O) groups excluding carboxylic acids is 1. The molecule has 1 aromatic heterocycles. The number of hydrogen-bond donors (Lipinski definition) is 0. The molecule has 3 aromatic rings. The fraction of sp³-hybridized carbons (Fsp3) is 0.414. The third-order valence-electron chi connectivity index (χ3n) is 7.66. The first-order valence-electron chi connectivity index (χ1n) is 13.4. The quantitative estimate of drug-likeness (QED) is 0.420. The van der Waals surface area contributed by atoms with E-state index in [0.29, 0.717) is 35.3 Å². The van der Waals surface area contributed by atoms with Gasteiger partial charge in [-0.3, -0.25) is 13.9 Å². The zero-order chi connectivity index (χ0) is 28.4. The molecule has 0 spiro atoms. The Hall–Kier alpha value is -3.76. The third-order valence-corrected chi connectivity index (χ3v) is 7.89. The van der Waals surface area contributed by atoms with Crippen molar-refractivity contribution in [2.45, 2.75) is 19.4 Å². The molecule has 3 heterocycles. The number of hydrogen-bond acceptors (Lipinski definition) is 8. The number of benzene rings is 2. The van der Waals surface area contributed by atoms with Gasteiger partial charge in [0, 0.05) is 62.6 Å². The minimum atomic E-state index is -0.397. The summed E-state index contributed by atoms with van der Waals surface area (Å²) in [5.74, 6) is 0.962. The highest BCUT2D eigenvalue weighted by atomic mass is 35.5. The second kappa shape index (κ2) is 11.8. The molecule has 0 amide bonds. The van der Waals surface area contributed by atoms with E-state index in [1.54, 1.807) is 23.7 Å². The highest BCUT2D eigenvalue weighted by Gasteiger charge is 2.24. The van der Waals surface area contributed by atoms with Crippen LogP contribution in [0.15, 0.2) is 52.1 Å². The van der Waals surface area contributed by atoms with Gasteiger partial charge < -0.3 is 24.2 Å². The van der Waals surface area contributed by atoms with Gasteiger partial charge in [-0.2, -0.15) is 0 Å². The predicted octanol–water partition coefficient (Wildman–Crippen LogP) is 3.16. The number of esters is 1. The standard InChI is InChI=1S/C29H34ClN5O5/c1-31-26(18-27(36)32(2)29(31)38)34-12-4-10-33(14-15-34)11-5-13-35-23-8-7-22(30)16-21(23)19-40-25-9-6-20(17-24(25)35)28(37)39-3/h6-9,16-18H,4-5,10-15,19H2,1-3H3. The van der Waals surface area contributed by atoms with E-state index in [1.165, 1.54) is 14.2 Å². The van der Waals surface area contributed by atoms with Gasteiger partial charge in [0.25, 0.3) is 5.56 Å². The van der Waals surface area contributed by atoms with Gasteiger partial charge in [-0.1, -0.05) is 11.6 Å². The Morgan fingerprint density at radius 2 is 1.77 bits per heavy atom. The molecular formula is C29H34ClN5O5. The lowest BCUT2D eigenvalue weighted by Gasteiger charge is -2.28. The van der Waals surface area contributed by atoms with Crippen molar-refractivity contribution in [2.75, 3.05) is 56.2 Å². The Balaban J connectivity index is 1.31. The van der Waals surface area contributed by atoms with E-state index in [-0.39, 0.29) is 11.2 Å². The molecule has 0 atom stereocenters. The van der Waals surface area contributed by atoms with E-state index in [9.17, 15) is 14.4 Å². The second-order valence-electron chi connectivity index (χ2n) is 10.2. The van der Waals surface area contributed by atoms with Gasteiger partial charge in [0.05, 0.1) is 18.4 Å². The number of carbonyl (C=O) groups is 1. The van der Waals surface area contributed by atoms with Crippen molar-refractivity contribution in [3.63, 3.8) is 0 Å². The molecule has 1 fully saturated rings. The molecule has 10 nitrogen and oxygen atoms in total. The molecule has 40 heavy (non-hydrogen) atoms. The topological polar surface area (TPSA) is 89.3 Å². The molecule has 2 aliphatic heterocycles. The lowest BCUT2D eigenvalue weighted by Crippen LogP contribution is -2.41. The van der Waals surface area contributed by atoms with Crippen molar-refractivity contribution in [3.05, 3.63) is 79.5 Å². The number of halogens is 1. The Labute approximate surface area is 237 Å². The summed E-state index contributed by atoms with van der Waals surface area (Å²) in [5, 5.41) is 0.645. The predicted molar refractivity (Wildman–Crippen MR) is 155 cm³/mol. The van der Waals surface area contributed by atoms with Gasteiger partial charge >= 0.3 is 11.7 Å². The first-order valence-corrected chi connectivity index (χ1v) is 13.8. The number of ether oxygens (including phenoxy) is 2. The summed E-state index contributed by atoms with van der Waals surface area (Å²) in [6.07, 6.45) is 1.79. The Kier molecular flexibility index (Phi) is 8.18. The molecule has 2 aromatic carbocycles. The number of fused-ring (bicyclic) bond motifs is 2. The van der Waals surface area contributed by atoms with E-state index >= 15 is 0 Å². The van der Waals surface area contributed by atoms with Crippen molar-refractivity contribution in [3.8, 4) is 5.75 Å². The van der Waals surface area contributed by atoms with Crippen LogP contribution in [0.4, 0.5) is 17.2 Å². The summed E-state index contributed by atoms with van der Waals surface area (Å²) in [6.45, 7) is 5.21. The first kappa shape index (κ1) is 27.8. The van der Waals surface area contributed by atoms with Crippen molar-refractivity contribution in [1.29, 1.82) is 0 Å². The maximum Gasteiger partial charge on any atom is 0.337 e. The summed E-state index contributed by atoms with van der Waals surface area (Å²) in [4.78, 5) is 43.7. The molecule has 1 saturated heterocycles. The molecule has 0 N–H and O–H groups in total. The van der Waals surface area contributed by atoms with E-state index in [2.05, 4.69) is 14.7 Å². The lowest BCUT2D eigenvalue weighted by molar-refractivity contribution is 0.0600. The van der Waals surface area contributed by atoms with E-state index in [4.69, 9.17) is 21.1 Å². The highest BCUT2D eigenvalue weighted by molar-refractivity contribution is 6.30. The van der Waals surface area contributed by atoms with Crippen LogP contribution in [0.3, 0.4) is 0 Å². The number of methoxy groups -OCH3 is 1. The maximum absolute atomic E-state index is 12.4. The van der Waals surface area contributed by atoms with Crippen molar-refractivity contribution in [2.24, 2.45) is 14.1 Å². The second-order valence-corrected chi connectivity index (χ2v) is 10.6. The van der Waals surface area contributed by atoms with Gasteiger partial charge in [-0.05, 0) is 62.3 Å². The fourth-order valence-electron chi connectivity index (χ4n) is 5.46. The van der Waals surface area contributed by atoms with Crippen LogP contribution in [0.5, 0.6) is 5.75 Å². The van der Waals surface area contributed by atoms with Crippen LogP contribution in [0.25, 0.3) is 0 Å². The van der Waals surface area contributed by atoms with Gasteiger partial charge in [0.2, 0.25) is 0 Å². The molecule has 0 bridgehead atoms. The number of aromatic nitrogens is 2. The van der Waals surface area contributed by atoms with Crippen molar-refractivity contribution >= 4 is 34.8 Å². The van der Waals surface area contributed by atoms with Gasteiger partial charge in [-0.25, -0.2) is 9.59 Å². The summed E-state index contributed by atoms with van der Waals surface area (Å²) in [5.41, 5.74) is 2.65. The van der Waals surface area contributed by atoms with Gasteiger partial charge in [0.15, 0.2) is 0 Å². The molecule has 212 valence electrons. The molecule has 0 saturated carbocycles. The Morgan fingerprint density at radius 3 is 2.58 bits per heavy atom. The molecular weight excluding hydrogens is 534 g/mol. The third kappa shape index (κ3) is 5.59. The molecule has 11 heteroatoms. The van der Waals surface area contributed by atoms with Crippen LogP contribution in [0.2, 0.25) is 5.02 Å². The van der Waals surface area contributed by atoms with Crippen LogP contribution in [-0.4, -0.2) is 66.4 Å². The molecule has 0 aliphatic carbocycles. The minimum Gasteiger partial charge on any atom is -0.487 e. The molecule has 0 unspecified atom stereocenters. The monoisotopic (exact) mass is 567 g/mol. The largest absolute Gasteiger partial charge is 0.487 e. The average molecular weight is 568 g/mol. The van der Waals surface area contributed by atoms with Crippen LogP contribution in [0.1, 0.15) is 28.8 Å². The van der Waals surface area contributed by atoms with Gasteiger partial charge in [0.1, 0.15) is 18.2 Å². The van der Waals surface area contributed by atoms with Crippen LogP contribution in [-0.2, 0) is 25.4 Å². The normalized spacial score (nSPS) is 15.5. The zero-order valence-electron chi connectivity index (χ0n) is 23.1. The fourth-order valence-corrected chi connectivity index (χ4v) is 5.65. The van der Waals surface area contributed by atoms with E-state index < -0.39 is 5.97 Å². The van der Waals surface area contributed by atoms with Crippen molar-refractivity contribution < 1.29 is 14.3 Å². The van der Waals surface area contributed by atoms with E-state index in [1.807, 2.05) is 30.3 Å². The number of rotatable bonds is 6. The number of anilines is 3. The number of nitrogens with zero attached hydrogens (tertiary/aromatic N) is 5. The first-order chi connectivity index (χ1) is 19.3. The summed E-state index contributed by atoms with van der Waals surface area (Å²) >= 11 is 6.30. The molecule has 0 radical (unpaired) electrons. The van der Waals surface area contributed by atoms with Crippen LogP contribution < -0.4 is 25.8 Å². The summed E-state index contributed by atoms with van der Waals surface area (Å²) in [6, 6.07) is 12.7. The minimum absolute atomic E-state index is 0.294. The van der Waals surface area contributed by atoms with Gasteiger partial charge in [-0.15, -0.1) is 0 Å². The average Bonchev–Trinajstić information content (AvgIpc) is 3.28. The summed E-state index contributed by atoms with van der Waals surface area (Å²) < 4.78 is 13.7.